The Morgan fingerprint density at radius 3 is 2.43 bits per heavy atom. The summed E-state index contributed by atoms with van der Waals surface area (Å²) >= 11 is 1.64. The third-order valence-electron chi connectivity index (χ3n) is 5.14. The molecule has 1 aliphatic rings. The predicted octanol–water partition coefficient (Wildman–Crippen LogP) is 3.75. The highest BCUT2D eigenvalue weighted by atomic mass is 32.2. The van der Waals surface area contributed by atoms with Crippen LogP contribution in [0.4, 0.5) is 5.69 Å². The van der Waals surface area contributed by atoms with Gasteiger partial charge in [-0.15, -0.1) is 11.8 Å². The van der Waals surface area contributed by atoms with E-state index in [1.54, 1.807) is 36.9 Å². The molecule has 6 nitrogen and oxygen atoms in total. The van der Waals surface area contributed by atoms with Crippen LogP contribution in [0.2, 0.25) is 0 Å². The molecule has 8 heteroatoms. The summed E-state index contributed by atoms with van der Waals surface area (Å²) in [6, 6.07) is 11.3. The zero-order chi connectivity index (χ0) is 21.7. The number of aryl methyl sites for hydroxylation is 3. The summed E-state index contributed by atoms with van der Waals surface area (Å²) in [5.74, 6) is 0.518. The van der Waals surface area contributed by atoms with Crippen LogP contribution in [-0.2, 0) is 19.6 Å². The third kappa shape index (κ3) is 5.63. The molecule has 1 heterocycles. The van der Waals surface area contributed by atoms with Crippen LogP contribution in [-0.4, -0.2) is 50.7 Å². The first-order chi connectivity index (χ1) is 14.3. The van der Waals surface area contributed by atoms with E-state index in [1.807, 2.05) is 0 Å². The Balaban J connectivity index is 1.61. The molecule has 1 N–H and O–H groups in total. The van der Waals surface area contributed by atoms with E-state index in [0.29, 0.717) is 49.7 Å². The highest BCUT2D eigenvalue weighted by Crippen LogP contribution is 2.25. The zero-order valence-electron chi connectivity index (χ0n) is 17.6. The summed E-state index contributed by atoms with van der Waals surface area (Å²) in [4.78, 5) is 13.7. The van der Waals surface area contributed by atoms with Gasteiger partial charge in [0.25, 0.3) is 0 Å². The highest BCUT2D eigenvalue weighted by Gasteiger charge is 2.28. The summed E-state index contributed by atoms with van der Waals surface area (Å²) < 4.78 is 32.7. The number of thioether (sulfide) groups is 1. The lowest BCUT2D eigenvalue weighted by molar-refractivity contribution is -0.115. The largest absolute Gasteiger partial charge is 0.379 e. The smallest absolute Gasteiger partial charge is 0.243 e. The average molecular weight is 449 g/mol. The first kappa shape index (κ1) is 22.8. The Labute approximate surface area is 183 Å². The molecule has 0 unspecified atom stereocenters. The van der Waals surface area contributed by atoms with Crippen LogP contribution >= 0.6 is 11.8 Å². The molecule has 3 rings (SSSR count). The lowest BCUT2D eigenvalue weighted by Crippen LogP contribution is -2.40. The number of rotatable bonds is 7. The fraction of sp³-hybridized carbons (Fsp3) is 0.409. The maximum atomic E-state index is 13.0. The lowest BCUT2D eigenvalue weighted by Gasteiger charge is -2.26. The number of anilines is 1. The van der Waals surface area contributed by atoms with Gasteiger partial charge in [0.05, 0.1) is 18.1 Å². The molecule has 2 aromatic carbocycles. The summed E-state index contributed by atoms with van der Waals surface area (Å²) in [6.45, 7) is 7.39. The van der Waals surface area contributed by atoms with Crippen molar-refractivity contribution >= 4 is 33.4 Å². The zero-order valence-corrected chi connectivity index (χ0v) is 19.2. The average Bonchev–Trinajstić information content (AvgIpc) is 2.72. The summed E-state index contributed by atoms with van der Waals surface area (Å²) in [5.41, 5.74) is 3.64. The van der Waals surface area contributed by atoms with Gasteiger partial charge in [-0.3, -0.25) is 4.79 Å². The summed E-state index contributed by atoms with van der Waals surface area (Å²) in [6.07, 6.45) is 0.344. The van der Waals surface area contributed by atoms with Crippen LogP contribution in [0.5, 0.6) is 0 Å². The van der Waals surface area contributed by atoms with E-state index in [9.17, 15) is 13.2 Å². The topological polar surface area (TPSA) is 75.7 Å². The first-order valence-electron chi connectivity index (χ1n) is 9.96. The normalized spacial score (nSPS) is 15.2. The van der Waals surface area contributed by atoms with Gasteiger partial charge in [0.15, 0.2) is 0 Å². The van der Waals surface area contributed by atoms with E-state index in [-0.39, 0.29) is 10.8 Å². The van der Waals surface area contributed by atoms with E-state index in [2.05, 4.69) is 37.4 Å². The molecule has 0 bridgehead atoms. The minimum atomic E-state index is -3.61. The Kier molecular flexibility index (Phi) is 7.57. The van der Waals surface area contributed by atoms with Crippen molar-refractivity contribution in [2.75, 3.05) is 37.4 Å². The molecule has 1 amide bonds. The molecule has 0 spiro atoms. The first-order valence-corrected chi connectivity index (χ1v) is 12.4. The Hall–Kier alpha value is -1.87. The van der Waals surface area contributed by atoms with Crippen molar-refractivity contribution < 1.29 is 17.9 Å². The highest BCUT2D eigenvalue weighted by molar-refractivity contribution is 7.99. The van der Waals surface area contributed by atoms with Gasteiger partial charge in [0.2, 0.25) is 15.9 Å². The van der Waals surface area contributed by atoms with Crippen molar-refractivity contribution in [1.82, 2.24) is 4.31 Å². The fourth-order valence-electron chi connectivity index (χ4n) is 3.17. The molecule has 30 heavy (non-hydrogen) atoms. The molecule has 0 saturated carbocycles. The lowest BCUT2D eigenvalue weighted by atomic mass is 10.1. The van der Waals surface area contributed by atoms with E-state index in [1.165, 1.54) is 15.4 Å². The number of amides is 1. The molecular formula is C22H28N2O4S2. The van der Waals surface area contributed by atoms with Crippen molar-refractivity contribution in [2.45, 2.75) is 37.0 Å². The minimum absolute atomic E-state index is 0.134. The predicted molar refractivity (Wildman–Crippen MR) is 121 cm³/mol. The second kappa shape index (κ2) is 9.96. The maximum absolute atomic E-state index is 13.0. The van der Waals surface area contributed by atoms with Gasteiger partial charge in [0.1, 0.15) is 0 Å². The van der Waals surface area contributed by atoms with Gasteiger partial charge in [-0.2, -0.15) is 4.31 Å². The van der Waals surface area contributed by atoms with Crippen LogP contribution in [0.1, 0.15) is 23.1 Å². The molecule has 162 valence electrons. The molecule has 1 aliphatic heterocycles. The standard InChI is InChI=1S/C22H28N2O4S2/c1-16-5-7-20(14-18(16)3)29-13-8-22(25)23-19-6-4-17(2)21(15-19)30(26,27)24-9-11-28-12-10-24/h4-7,14-15H,8-13H2,1-3H3,(H,23,25). The molecule has 0 aliphatic carbocycles. The van der Waals surface area contributed by atoms with Crippen LogP contribution < -0.4 is 5.32 Å². The van der Waals surface area contributed by atoms with Gasteiger partial charge in [-0.05, 0) is 61.7 Å². The number of carbonyl (C=O) groups is 1. The number of carbonyl (C=O) groups excluding carboxylic acids is 1. The summed E-state index contributed by atoms with van der Waals surface area (Å²) in [7, 11) is -3.61. The maximum Gasteiger partial charge on any atom is 0.243 e. The molecule has 0 radical (unpaired) electrons. The Morgan fingerprint density at radius 2 is 1.73 bits per heavy atom. The van der Waals surface area contributed by atoms with Gasteiger partial charge < -0.3 is 10.1 Å². The summed E-state index contributed by atoms with van der Waals surface area (Å²) in [5, 5.41) is 2.83. The molecular weight excluding hydrogens is 420 g/mol. The van der Waals surface area contributed by atoms with Crippen molar-refractivity contribution in [2.24, 2.45) is 0 Å². The van der Waals surface area contributed by atoms with Crippen molar-refractivity contribution in [3.63, 3.8) is 0 Å². The van der Waals surface area contributed by atoms with Crippen LogP contribution in [0.3, 0.4) is 0 Å². The Bertz CT molecular complexity index is 1020. The fourth-order valence-corrected chi connectivity index (χ4v) is 5.78. The SMILES string of the molecule is Cc1ccc(SCCC(=O)Nc2ccc(C)c(S(=O)(=O)N3CCOCC3)c2)cc1C. The van der Waals surface area contributed by atoms with Crippen LogP contribution in [0, 0.1) is 20.8 Å². The molecule has 0 atom stereocenters. The molecule has 1 fully saturated rings. The van der Waals surface area contributed by atoms with Crippen molar-refractivity contribution in [1.29, 1.82) is 0 Å². The number of benzene rings is 2. The van der Waals surface area contributed by atoms with Gasteiger partial charge in [-0.25, -0.2) is 8.42 Å². The van der Waals surface area contributed by atoms with Crippen molar-refractivity contribution in [3.05, 3.63) is 53.1 Å². The van der Waals surface area contributed by atoms with E-state index in [0.717, 1.165) is 4.90 Å². The molecule has 2 aromatic rings. The second-order valence-corrected chi connectivity index (χ2v) is 10.5. The minimum Gasteiger partial charge on any atom is -0.379 e. The van der Waals surface area contributed by atoms with E-state index in [4.69, 9.17) is 4.74 Å². The number of sulfonamides is 1. The number of morpholine rings is 1. The van der Waals surface area contributed by atoms with E-state index >= 15 is 0 Å². The number of ether oxygens (including phenoxy) is 1. The Morgan fingerprint density at radius 1 is 1.03 bits per heavy atom. The molecule has 1 saturated heterocycles. The molecule has 0 aromatic heterocycles. The van der Waals surface area contributed by atoms with Crippen LogP contribution in [0.15, 0.2) is 46.2 Å². The number of nitrogens with one attached hydrogen (secondary N) is 1. The third-order valence-corrected chi connectivity index (χ3v) is 8.17. The number of nitrogens with zero attached hydrogens (tertiary/aromatic N) is 1. The number of hydrogen-bond donors (Lipinski definition) is 1. The van der Waals surface area contributed by atoms with Gasteiger partial charge >= 0.3 is 0 Å². The van der Waals surface area contributed by atoms with Crippen molar-refractivity contribution in [3.8, 4) is 0 Å². The second-order valence-electron chi connectivity index (χ2n) is 7.39. The van der Waals surface area contributed by atoms with E-state index < -0.39 is 10.0 Å². The quantitative estimate of drug-likeness (QED) is 0.653. The van der Waals surface area contributed by atoms with Gasteiger partial charge in [0, 0.05) is 35.8 Å². The van der Waals surface area contributed by atoms with Gasteiger partial charge in [-0.1, -0.05) is 12.1 Å². The van der Waals surface area contributed by atoms with Crippen LogP contribution in [0.25, 0.3) is 0 Å². The monoisotopic (exact) mass is 448 g/mol. The number of hydrogen-bond acceptors (Lipinski definition) is 5.